The Balaban J connectivity index is 4.28. The number of unbranched alkanes of at least 4 members (excludes halogenated alkanes) is 16. The molecule has 1 unspecified atom stereocenters. The van der Waals surface area contributed by atoms with Crippen molar-refractivity contribution in [1.82, 2.24) is 0 Å². The van der Waals surface area contributed by atoms with Gasteiger partial charge in [0.2, 0.25) is 0 Å². The summed E-state index contributed by atoms with van der Waals surface area (Å²) in [4.78, 5) is 38.0. The molecule has 0 aromatic carbocycles. The molecule has 0 saturated heterocycles. The van der Waals surface area contributed by atoms with E-state index in [2.05, 4.69) is 191 Å². The van der Waals surface area contributed by atoms with E-state index in [0.717, 1.165) is 148 Å². The summed E-state index contributed by atoms with van der Waals surface area (Å²) in [6.07, 6.45) is 96.7. The number of allylic oxidation sites excluding steroid dienone is 28. The van der Waals surface area contributed by atoms with Crippen molar-refractivity contribution in [2.45, 2.75) is 258 Å². The molecule has 0 fully saturated rings. The van der Waals surface area contributed by atoms with Gasteiger partial charge in [0.15, 0.2) is 6.10 Å². The number of esters is 3. The topological polar surface area (TPSA) is 78.9 Å². The fraction of sp³-hybridized carbons (Fsp3) is 0.575. The molecule has 0 bridgehead atoms. The number of ether oxygens (including phenoxy) is 3. The van der Waals surface area contributed by atoms with Gasteiger partial charge in [0, 0.05) is 19.3 Å². The molecule has 0 aliphatic rings. The summed E-state index contributed by atoms with van der Waals surface area (Å²) in [5.74, 6) is -0.969. The van der Waals surface area contributed by atoms with Gasteiger partial charge in [-0.3, -0.25) is 14.4 Å². The average molecular weight is 1090 g/mol. The minimum Gasteiger partial charge on any atom is -0.462 e. The van der Waals surface area contributed by atoms with Crippen molar-refractivity contribution in [3.63, 3.8) is 0 Å². The Morgan fingerprint density at radius 3 is 0.797 bits per heavy atom. The Bertz CT molecular complexity index is 1820. The Hall–Kier alpha value is -5.23. The minimum absolute atomic E-state index is 0.101. The second kappa shape index (κ2) is 65.3. The van der Waals surface area contributed by atoms with Crippen molar-refractivity contribution in [3.8, 4) is 0 Å². The Morgan fingerprint density at radius 2 is 0.494 bits per heavy atom. The van der Waals surface area contributed by atoms with E-state index in [1.165, 1.54) is 57.8 Å². The van der Waals surface area contributed by atoms with Crippen LogP contribution in [0.1, 0.15) is 252 Å². The van der Waals surface area contributed by atoms with Crippen LogP contribution in [0.2, 0.25) is 0 Å². The highest BCUT2D eigenvalue weighted by molar-refractivity contribution is 5.71. The Morgan fingerprint density at radius 1 is 0.266 bits per heavy atom. The molecule has 6 heteroatoms. The predicted molar refractivity (Wildman–Crippen MR) is 343 cm³/mol. The van der Waals surface area contributed by atoms with Gasteiger partial charge in [0.1, 0.15) is 13.2 Å². The molecule has 0 rings (SSSR count). The van der Waals surface area contributed by atoms with Crippen LogP contribution in [0.4, 0.5) is 0 Å². The summed E-state index contributed by atoms with van der Waals surface area (Å²) in [7, 11) is 0. The van der Waals surface area contributed by atoms with Gasteiger partial charge in [-0.05, 0) is 135 Å². The highest BCUT2D eigenvalue weighted by atomic mass is 16.6. The Kier molecular flexibility index (Phi) is 61.0. The van der Waals surface area contributed by atoms with E-state index in [4.69, 9.17) is 14.2 Å². The summed E-state index contributed by atoms with van der Waals surface area (Å²) in [5.41, 5.74) is 0. The summed E-state index contributed by atoms with van der Waals surface area (Å²) >= 11 is 0. The van der Waals surface area contributed by atoms with Gasteiger partial charge in [-0.15, -0.1) is 0 Å². The van der Waals surface area contributed by atoms with Gasteiger partial charge in [-0.25, -0.2) is 0 Å². The zero-order chi connectivity index (χ0) is 57.1. The van der Waals surface area contributed by atoms with Crippen LogP contribution in [-0.2, 0) is 28.6 Å². The van der Waals surface area contributed by atoms with Gasteiger partial charge in [-0.1, -0.05) is 268 Å². The fourth-order valence-electron chi connectivity index (χ4n) is 8.05. The molecule has 0 N–H and O–H groups in total. The second-order valence-electron chi connectivity index (χ2n) is 20.2. The van der Waals surface area contributed by atoms with Gasteiger partial charge < -0.3 is 14.2 Å². The summed E-state index contributed by atoms with van der Waals surface area (Å²) in [5, 5.41) is 0. The maximum Gasteiger partial charge on any atom is 0.306 e. The summed E-state index contributed by atoms with van der Waals surface area (Å²) < 4.78 is 16.8. The van der Waals surface area contributed by atoms with Crippen molar-refractivity contribution in [2.75, 3.05) is 13.2 Å². The molecule has 0 aromatic rings. The molecule has 0 aliphatic carbocycles. The standard InChI is InChI=1S/C73H114O6/c1-4-7-10-13-16-18-20-22-24-26-28-30-31-32-33-34-35-36-37-38-39-40-41-43-44-46-48-50-52-54-57-60-63-66-72(75)78-69-70(68-77-71(74)65-62-59-56-15-12-9-6-3)79-73(76)67-64-61-58-55-53-51-49-47-45-42-29-27-25-23-21-19-17-14-11-8-5-2/h7-8,10-11,16-19,22-25,28-30,32-33,35-36,38-39,41-43,46,48,52,54,70H,4-6,9,12-15,20-21,26-27,31,34,37,40,44-45,47,49-51,53,55-69H2,1-3H3/b10-7-,11-8-,18-16-,19-17-,24-22-,25-23-,30-28-,33-32-,36-35-,39-38-,42-29-,43-41-,48-46-,54-52-. The van der Waals surface area contributed by atoms with Crippen molar-refractivity contribution >= 4 is 17.9 Å². The number of hydrogen-bond donors (Lipinski definition) is 0. The molecule has 0 aromatic heterocycles. The lowest BCUT2D eigenvalue weighted by Crippen LogP contribution is -2.30. The first-order valence-corrected chi connectivity index (χ1v) is 31.6. The lowest BCUT2D eigenvalue weighted by Gasteiger charge is -2.18. The molecule has 0 saturated carbocycles. The first-order chi connectivity index (χ1) is 39.0. The van der Waals surface area contributed by atoms with Crippen LogP contribution in [0.5, 0.6) is 0 Å². The molecule has 442 valence electrons. The van der Waals surface area contributed by atoms with E-state index >= 15 is 0 Å². The van der Waals surface area contributed by atoms with E-state index in [1.54, 1.807) is 0 Å². The minimum atomic E-state index is -0.806. The lowest BCUT2D eigenvalue weighted by atomic mass is 10.1. The van der Waals surface area contributed by atoms with Crippen molar-refractivity contribution in [3.05, 3.63) is 170 Å². The molecule has 6 nitrogen and oxygen atoms in total. The van der Waals surface area contributed by atoms with Crippen molar-refractivity contribution < 1.29 is 28.6 Å². The molecule has 0 spiro atoms. The van der Waals surface area contributed by atoms with Crippen LogP contribution in [0.15, 0.2) is 170 Å². The molecule has 0 aliphatic heterocycles. The maximum absolute atomic E-state index is 12.8. The summed E-state index contributed by atoms with van der Waals surface area (Å²) in [6.45, 7) is 6.31. The SMILES string of the molecule is CC/C=C\C/C=C\C/C=C\C/C=C\C/C=C\C/C=C\C/C=C\C/C=C\C/C=C\C/C=C\CCCCC(=O)OCC(COC(=O)CCCCCCCCC)OC(=O)CCCCCCCCCC/C=C\C/C=C\C/C=C\C/C=C\CC. The number of rotatable bonds is 55. The van der Waals surface area contributed by atoms with Crippen molar-refractivity contribution in [2.24, 2.45) is 0 Å². The molecule has 0 amide bonds. The largest absolute Gasteiger partial charge is 0.462 e. The molecule has 79 heavy (non-hydrogen) atoms. The zero-order valence-corrected chi connectivity index (χ0v) is 50.6. The van der Waals surface area contributed by atoms with Crippen LogP contribution >= 0.6 is 0 Å². The zero-order valence-electron chi connectivity index (χ0n) is 50.6. The van der Waals surface area contributed by atoms with Crippen LogP contribution in [0, 0.1) is 0 Å². The highest BCUT2D eigenvalue weighted by Gasteiger charge is 2.19. The quantitative estimate of drug-likeness (QED) is 0.0261. The van der Waals surface area contributed by atoms with Crippen molar-refractivity contribution in [1.29, 1.82) is 0 Å². The third-order valence-electron chi connectivity index (χ3n) is 12.7. The van der Waals surface area contributed by atoms with Crippen LogP contribution < -0.4 is 0 Å². The monoisotopic (exact) mass is 1090 g/mol. The highest BCUT2D eigenvalue weighted by Crippen LogP contribution is 2.14. The van der Waals surface area contributed by atoms with Gasteiger partial charge in [0.05, 0.1) is 0 Å². The van der Waals surface area contributed by atoms with E-state index in [1.807, 2.05) is 0 Å². The number of carbonyl (C=O) groups is 3. The molecule has 0 radical (unpaired) electrons. The number of carbonyl (C=O) groups excluding carboxylic acids is 3. The molecule has 1 atom stereocenters. The molecular weight excluding hydrogens is 973 g/mol. The van der Waals surface area contributed by atoms with E-state index in [-0.39, 0.29) is 31.1 Å². The predicted octanol–water partition coefficient (Wildman–Crippen LogP) is 21.9. The van der Waals surface area contributed by atoms with Gasteiger partial charge >= 0.3 is 17.9 Å². The van der Waals surface area contributed by atoms with Crippen LogP contribution in [0.25, 0.3) is 0 Å². The normalized spacial score (nSPS) is 13.3. The van der Waals surface area contributed by atoms with Gasteiger partial charge in [-0.2, -0.15) is 0 Å². The molecule has 0 heterocycles. The van der Waals surface area contributed by atoms with Gasteiger partial charge in [0.25, 0.3) is 0 Å². The molecular formula is C73H114O6. The second-order valence-corrected chi connectivity index (χ2v) is 20.2. The smallest absolute Gasteiger partial charge is 0.306 e. The third-order valence-corrected chi connectivity index (χ3v) is 12.7. The maximum atomic E-state index is 12.8. The fourth-order valence-corrected chi connectivity index (χ4v) is 8.05. The van der Waals surface area contributed by atoms with Crippen LogP contribution in [0.3, 0.4) is 0 Å². The summed E-state index contributed by atoms with van der Waals surface area (Å²) in [6, 6.07) is 0. The first kappa shape index (κ1) is 73.8. The Labute approximate surface area is 485 Å². The van der Waals surface area contributed by atoms with E-state index in [9.17, 15) is 14.4 Å². The van der Waals surface area contributed by atoms with E-state index < -0.39 is 6.10 Å². The van der Waals surface area contributed by atoms with E-state index in [0.29, 0.717) is 25.7 Å². The average Bonchev–Trinajstić information content (AvgIpc) is 3.45. The third kappa shape index (κ3) is 63.5. The lowest BCUT2D eigenvalue weighted by molar-refractivity contribution is -0.167. The number of hydrogen-bond acceptors (Lipinski definition) is 6. The first-order valence-electron chi connectivity index (χ1n) is 31.6. The van der Waals surface area contributed by atoms with Crippen LogP contribution in [-0.4, -0.2) is 37.2 Å².